The third kappa shape index (κ3) is 4.03. The highest BCUT2D eigenvalue weighted by molar-refractivity contribution is 6.05. The Balaban J connectivity index is 1.26. The zero-order chi connectivity index (χ0) is 22.9. The lowest BCUT2D eigenvalue weighted by Crippen LogP contribution is -2.52. The first kappa shape index (κ1) is 20.7. The first-order valence-corrected chi connectivity index (χ1v) is 10.8. The third-order valence-corrected chi connectivity index (χ3v) is 6.13. The van der Waals surface area contributed by atoms with Crippen molar-refractivity contribution in [1.29, 1.82) is 0 Å². The molecule has 0 aromatic heterocycles. The van der Waals surface area contributed by atoms with E-state index in [1.54, 1.807) is 12.1 Å². The van der Waals surface area contributed by atoms with Crippen molar-refractivity contribution in [2.45, 2.75) is 32.0 Å². The monoisotopic (exact) mass is 442 g/mol. The Bertz CT molecular complexity index is 1300. The van der Waals surface area contributed by atoms with Gasteiger partial charge in [0, 0.05) is 30.8 Å². The number of anilines is 1. The number of carbonyl (C=O) groups is 4. The summed E-state index contributed by atoms with van der Waals surface area (Å²) in [6.07, 6.45) is 0.520. The summed E-state index contributed by atoms with van der Waals surface area (Å²) in [6, 6.07) is 17.9. The van der Waals surface area contributed by atoms with Gasteiger partial charge in [0.1, 0.15) is 6.04 Å². The molecule has 0 spiro atoms. The molecule has 2 heterocycles. The van der Waals surface area contributed by atoms with Crippen LogP contribution in [-0.4, -0.2) is 34.7 Å². The van der Waals surface area contributed by atoms with Gasteiger partial charge in [-0.15, -0.1) is 0 Å². The minimum Gasteiger partial charge on any atom is -0.334 e. The van der Waals surface area contributed by atoms with Gasteiger partial charge in [0.05, 0.1) is 0 Å². The van der Waals surface area contributed by atoms with Crippen molar-refractivity contribution in [2.24, 2.45) is 0 Å². The van der Waals surface area contributed by atoms with E-state index in [2.05, 4.69) is 16.0 Å². The van der Waals surface area contributed by atoms with Gasteiger partial charge in [-0.1, -0.05) is 42.5 Å². The number of imide groups is 1. The number of urea groups is 1. The van der Waals surface area contributed by atoms with E-state index in [1.807, 2.05) is 48.5 Å². The maximum Gasteiger partial charge on any atom is 0.319 e. The zero-order valence-electron chi connectivity index (χ0n) is 17.8. The van der Waals surface area contributed by atoms with Crippen molar-refractivity contribution < 1.29 is 19.2 Å². The Hall–Kier alpha value is -4.20. The van der Waals surface area contributed by atoms with E-state index in [-0.39, 0.29) is 37.4 Å². The van der Waals surface area contributed by atoms with Crippen LogP contribution < -0.4 is 16.0 Å². The van der Waals surface area contributed by atoms with Gasteiger partial charge in [-0.25, -0.2) is 4.79 Å². The predicted molar refractivity (Wildman–Crippen MR) is 122 cm³/mol. The van der Waals surface area contributed by atoms with Crippen LogP contribution in [0.15, 0.2) is 60.7 Å². The van der Waals surface area contributed by atoms with Crippen LogP contribution in [0.25, 0.3) is 10.8 Å². The van der Waals surface area contributed by atoms with Crippen LogP contribution in [0, 0.1) is 0 Å². The lowest BCUT2D eigenvalue weighted by molar-refractivity contribution is -0.136. The van der Waals surface area contributed by atoms with Crippen LogP contribution in [0.1, 0.15) is 34.3 Å². The molecule has 0 bridgehead atoms. The van der Waals surface area contributed by atoms with Gasteiger partial charge in [-0.2, -0.15) is 0 Å². The third-order valence-electron chi connectivity index (χ3n) is 6.13. The van der Waals surface area contributed by atoms with Crippen molar-refractivity contribution in [2.75, 3.05) is 5.32 Å². The fourth-order valence-corrected chi connectivity index (χ4v) is 4.43. The highest BCUT2D eigenvalue weighted by Gasteiger charge is 2.39. The van der Waals surface area contributed by atoms with E-state index in [9.17, 15) is 19.2 Å². The molecular weight excluding hydrogens is 420 g/mol. The fraction of sp³-hybridized carbons (Fsp3) is 0.200. The van der Waals surface area contributed by atoms with Crippen LogP contribution in [0.5, 0.6) is 0 Å². The molecule has 8 heteroatoms. The molecule has 3 aromatic carbocycles. The number of nitrogens with zero attached hydrogens (tertiary/aromatic N) is 1. The van der Waals surface area contributed by atoms with E-state index in [0.717, 1.165) is 21.9 Å². The number of fused-ring (bicyclic) bond motifs is 2. The maximum atomic E-state index is 12.9. The molecule has 8 nitrogen and oxygen atoms in total. The maximum absolute atomic E-state index is 12.9. The van der Waals surface area contributed by atoms with Gasteiger partial charge in [-0.3, -0.25) is 19.7 Å². The standard InChI is InChI=1S/C25H22N4O4/c30-22-11-10-21(23(31)28-22)29-14-20-17(6-3-7-19(20)24(29)32)13-26-25(33)27-18-9-8-15-4-1-2-5-16(15)12-18/h1-9,12,21H,10-11,13-14H2,(H2,26,27,33)(H,28,30,31). The van der Waals surface area contributed by atoms with Crippen LogP contribution in [0.2, 0.25) is 0 Å². The van der Waals surface area contributed by atoms with Crippen molar-refractivity contribution in [3.8, 4) is 0 Å². The second kappa shape index (κ2) is 8.38. The minimum absolute atomic E-state index is 0.208. The van der Waals surface area contributed by atoms with Crippen LogP contribution in [0.3, 0.4) is 0 Å². The number of hydrogen-bond donors (Lipinski definition) is 3. The second-order valence-corrected chi connectivity index (χ2v) is 8.21. The smallest absolute Gasteiger partial charge is 0.319 e. The number of carbonyl (C=O) groups excluding carboxylic acids is 4. The summed E-state index contributed by atoms with van der Waals surface area (Å²) in [5.74, 6) is -0.994. The van der Waals surface area contributed by atoms with E-state index in [0.29, 0.717) is 17.7 Å². The number of benzene rings is 3. The molecule has 2 aliphatic heterocycles. The number of nitrogens with one attached hydrogen (secondary N) is 3. The summed E-state index contributed by atoms with van der Waals surface area (Å²) < 4.78 is 0. The molecular formula is C25H22N4O4. The van der Waals surface area contributed by atoms with Crippen molar-refractivity contribution in [1.82, 2.24) is 15.5 Å². The summed E-state index contributed by atoms with van der Waals surface area (Å²) in [5.41, 5.74) is 2.81. The summed E-state index contributed by atoms with van der Waals surface area (Å²) in [7, 11) is 0. The van der Waals surface area contributed by atoms with Crippen LogP contribution in [0.4, 0.5) is 10.5 Å². The lowest BCUT2D eigenvalue weighted by Gasteiger charge is -2.29. The Kier molecular flexibility index (Phi) is 5.26. The summed E-state index contributed by atoms with van der Waals surface area (Å²) in [5, 5.41) is 10.1. The average molecular weight is 442 g/mol. The Morgan fingerprint density at radius 1 is 1.00 bits per heavy atom. The fourth-order valence-electron chi connectivity index (χ4n) is 4.43. The molecule has 3 N–H and O–H groups in total. The van der Waals surface area contributed by atoms with Crippen LogP contribution in [-0.2, 0) is 22.7 Å². The molecule has 5 amide bonds. The number of amides is 5. The lowest BCUT2D eigenvalue weighted by atomic mass is 10.0. The van der Waals surface area contributed by atoms with Crippen molar-refractivity contribution in [3.05, 3.63) is 77.4 Å². The molecule has 3 aromatic rings. The molecule has 1 unspecified atom stereocenters. The van der Waals surface area contributed by atoms with E-state index in [4.69, 9.17) is 0 Å². The number of piperidine rings is 1. The topological polar surface area (TPSA) is 108 Å². The van der Waals surface area contributed by atoms with Gasteiger partial charge in [-0.05, 0) is 46.5 Å². The normalized spacial score (nSPS) is 17.6. The quantitative estimate of drug-likeness (QED) is 0.540. The highest BCUT2D eigenvalue weighted by atomic mass is 16.2. The van der Waals surface area contributed by atoms with Gasteiger partial charge in [0.15, 0.2) is 0 Å². The van der Waals surface area contributed by atoms with Gasteiger partial charge in [0.2, 0.25) is 11.8 Å². The molecule has 166 valence electrons. The molecule has 33 heavy (non-hydrogen) atoms. The Labute approximate surface area is 189 Å². The van der Waals surface area contributed by atoms with Gasteiger partial charge >= 0.3 is 6.03 Å². The largest absolute Gasteiger partial charge is 0.334 e. The molecule has 0 saturated carbocycles. The Morgan fingerprint density at radius 3 is 2.64 bits per heavy atom. The summed E-state index contributed by atoms with van der Waals surface area (Å²) in [6.45, 7) is 0.504. The SMILES string of the molecule is O=C1CCC(N2Cc3c(CNC(=O)Nc4ccc5ccccc5c4)cccc3C2=O)C(=O)N1. The molecule has 5 rings (SSSR count). The molecule has 1 atom stereocenters. The number of hydrogen-bond acceptors (Lipinski definition) is 4. The Morgan fingerprint density at radius 2 is 1.82 bits per heavy atom. The van der Waals surface area contributed by atoms with Crippen molar-refractivity contribution in [3.63, 3.8) is 0 Å². The van der Waals surface area contributed by atoms with E-state index >= 15 is 0 Å². The second-order valence-electron chi connectivity index (χ2n) is 8.21. The number of rotatable bonds is 4. The average Bonchev–Trinajstić information content (AvgIpc) is 3.14. The zero-order valence-corrected chi connectivity index (χ0v) is 17.8. The molecule has 0 aliphatic carbocycles. The minimum atomic E-state index is -0.667. The van der Waals surface area contributed by atoms with Gasteiger partial charge in [0.25, 0.3) is 5.91 Å². The van der Waals surface area contributed by atoms with Crippen LogP contribution >= 0.6 is 0 Å². The van der Waals surface area contributed by atoms with Crippen molar-refractivity contribution >= 4 is 40.2 Å². The van der Waals surface area contributed by atoms with E-state index in [1.165, 1.54) is 4.90 Å². The first-order chi connectivity index (χ1) is 16.0. The molecule has 0 radical (unpaired) electrons. The summed E-state index contributed by atoms with van der Waals surface area (Å²) >= 11 is 0. The van der Waals surface area contributed by atoms with E-state index < -0.39 is 11.9 Å². The van der Waals surface area contributed by atoms with Gasteiger partial charge < -0.3 is 15.5 Å². The summed E-state index contributed by atoms with van der Waals surface area (Å²) in [4.78, 5) is 50.6. The highest BCUT2D eigenvalue weighted by Crippen LogP contribution is 2.29. The predicted octanol–water partition coefficient (Wildman–Crippen LogP) is 2.92. The molecule has 2 aliphatic rings. The first-order valence-electron chi connectivity index (χ1n) is 10.8. The molecule has 1 fully saturated rings. The molecule has 1 saturated heterocycles.